The first-order valence-corrected chi connectivity index (χ1v) is 6.48. The molecule has 0 bridgehead atoms. The molecule has 0 atom stereocenters. The van der Waals surface area contributed by atoms with Gasteiger partial charge in [-0.3, -0.25) is 4.79 Å². The predicted molar refractivity (Wildman–Crippen MR) is 72.2 cm³/mol. The molecular formula is C12H11ClN2O2S. The molecule has 1 aromatic carbocycles. The maximum Gasteiger partial charge on any atom is 0.307 e. The number of halogens is 1. The summed E-state index contributed by atoms with van der Waals surface area (Å²) >= 11 is 7.16. The summed E-state index contributed by atoms with van der Waals surface area (Å²) in [5, 5.41) is 11.9. The van der Waals surface area contributed by atoms with Crippen LogP contribution >= 0.6 is 22.9 Å². The molecular weight excluding hydrogens is 272 g/mol. The van der Waals surface area contributed by atoms with Crippen LogP contribution in [0.15, 0.2) is 30.5 Å². The monoisotopic (exact) mass is 282 g/mol. The van der Waals surface area contributed by atoms with Gasteiger partial charge < -0.3 is 10.4 Å². The Hall–Kier alpha value is -1.59. The van der Waals surface area contributed by atoms with Gasteiger partial charge in [0, 0.05) is 16.8 Å². The van der Waals surface area contributed by atoms with Gasteiger partial charge in [-0.15, -0.1) is 11.3 Å². The lowest BCUT2D eigenvalue weighted by Crippen LogP contribution is -2.02. The Morgan fingerprint density at radius 3 is 3.00 bits per heavy atom. The second-order valence-electron chi connectivity index (χ2n) is 3.70. The van der Waals surface area contributed by atoms with Crippen molar-refractivity contribution < 1.29 is 9.90 Å². The molecule has 0 fully saturated rings. The standard InChI is InChI=1S/C12H11ClN2O2S/c13-12-15-7-10(18-12)6-14-9-3-1-2-8(4-9)5-11(16)17/h1-4,7,14H,5-6H2,(H,16,17). The van der Waals surface area contributed by atoms with E-state index < -0.39 is 5.97 Å². The summed E-state index contributed by atoms with van der Waals surface area (Å²) in [6.07, 6.45) is 1.75. The normalized spacial score (nSPS) is 10.3. The van der Waals surface area contributed by atoms with Gasteiger partial charge in [0.05, 0.1) is 13.0 Å². The van der Waals surface area contributed by atoms with Crippen molar-refractivity contribution in [3.05, 3.63) is 45.4 Å². The van der Waals surface area contributed by atoms with Crippen molar-refractivity contribution in [2.45, 2.75) is 13.0 Å². The number of aliphatic carboxylic acids is 1. The van der Waals surface area contributed by atoms with E-state index in [1.54, 1.807) is 12.3 Å². The first-order valence-electron chi connectivity index (χ1n) is 5.28. The zero-order valence-electron chi connectivity index (χ0n) is 9.39. The number of carboxylic acid groups (broad SMARTS) is 1. The lowest BCUT2D eigenvalue weighted by molar-refractivity contribution is -0.136. The molecule has 0 radical (unpaired) electrons. The number of nitrogens with zero attached hydrogens (tertiary/aromatic N) is 1. The molecule has 2 rings (SSSR count). The maximum absolute atomic E-state index is 10.6. The molecule has 0 aliphatic rings. The SMILES string of the molecule is O=C(O)Cc1cccc(NCc2cnc(Cl)s2)c1. The van der Waals surface area contributed by atoms with Crippen LogP contribution in [-0.2, 0) is 17.8 Å². The van der Waals surface area contributed by atoms with E-state index in [0.29, 0.717) is 11.0 Å². The van der Waals surface area contributed by atoms with Crippen LogP contribution in [0.1, 0.15) is 10.4 Å². The first kappa shape index (κ1) is 12.9. The van der Waals surface area contributed by atoms with Crippen LogP contribution in [0.5, 0.6) is 0 Å². The average molecular weight is 283 g/mol. The molecule has 4 nitrogen and oxygen atoms in total. The Kier molecular flexibility index (Phi) is 4.17. The van der Waals surface area contributed by atoms with Crippen LogP contribution in [0, 0.1) is 0 Å². The van der Waals surface area contributed by atoms with Crippen molar-refractivity contribution in [1.29, 1.82) is 0 Å². The van der Waals surface area contributed by atoms with E-state index in [0.717, 1.165) is 16.1 Å². The van der Waals surface area contributed by atoms with E-state index in [2.05, 4.69) is 10.3 Å². The molecule has 0 unspecified atom stereocenters. The Morgan fingerprint density at radius 1 is 1.50 bits per heavy atom. The van der Waals surface area contributed by atoms with Gasteiger partial charge in [-0.05, 0) is 17.7 Å². The predicted octanol–water partition coefficient (Wildman–Crippen LogP) is 3.04. The quantitative estimate of drug-likeness (QED) is 0.885. The lowest BCUT2D eigenvalue weighted by Gasteiger charge is -2.06. The highest BCUT2D eigenvalue weighted by Crippen LogP contribution is 2.19. The number of hydrogen-bond donors (Lipinski definition) is 2. The summed E-state index contributed by atoms with van der Waals surface area (Å²) in [5.41, 5.74) is 1.66. The minimum absolute atomic E-state index is 0.0297. The van der Waals surface area contributed by atoms with E-state index in [-0.39, 0.29) is 6.42 Å². The highest BCUT2D eigenvalue weighted by atomic mass is 35.5. The molecule has 18 heavy (non-hydrogen) atoms. The number of anilines is 1. The third-order valence-corrected chi connectivity index (χ3v) is 3.39. The summed E-state index contributed by atoms with van der Waals surface area (Å²) in [6.45, 7) is 0.626. The third kappa shape index (κ3) is 3.72. The number of hydrogen-bond acceptors (Lipinski definition) is 4. The lowest BCUT2D eigenvalue weighted by atomic mass is 10.1. The van der Waals surface area contributed by atoms with Gasteiger partial charge in [-0.25, -0.2) is 4.98 Å². The van der Waals surface area contributed by atoms with E-state index in [1.165, 1.54) is 11.3 Å². The summed E-state index contributed by atoms with van der Waals surface area (Å²) in [4.78, 5) is 15.6. The molecule has 1 aromatic heterocycles. The van der Waals surface area contributed by atoms with Crippen LogP contribution in [0.4, 0.5) is 5.69 Å². The van der Waals surface area contributed by atoms with Gasteiger partial charge >= 0.3 is 5.97 Å². The fourth-order valence-corrected chi connectivity index (χ4v) is 2.44. The molecule has 1 heterocycles. The molecule has 0 aliphatic carbocycles. The third-order valence-electron chi connectivity index (χ3n) is 2.27. The molecule has 2 N–H and O–H groups in total. The Bertz CT molecular complexity index is 557. The number of carboxylic acids is 1. The number of carbonyl (C=O) groups is 1. The molecule has 94 valence electrons. The van der Waals surface area contributed by atoms with Crippen molar-refractivity contribution >= 4 is 34.6 Å². The minimum Gasteiger partial charge on any atom is -0.481 e. The van der Waals surface area contributed by atoms with Crippen molar-refractivity contribution in [1.82, 2.24) is 4.98 Å². The maximum atomic E-state index is 10.6. The van der Waals surface area contributed by atoms with Crippen molar-refractivity contribution in [2.24, 2.45) is 0 Å². The number of nitrogens with one attached hydrogen (secondary N) is 1. The number of rotatable bonds is 5. The molecule has 2 aromatic rings. The number of aromatic nitrogens is 1. The van der Waals surface area contributed by atoms with Crippen LogP contribution in [0.2, 0.25) is 4.47 Å². The van der Waals surface area contributed by atoms with Gasteiger partial charge in [-0.1, -0.05) is 23.7 Å². The minimum atomic E-state index is -0.832. The van der Waals surface area contributed by atoms with Crippen LogP contribution < -0.4 is 5.32 Å². The highest BCUT2D eigenvalue weighted by molar-refractivity contribution is 7.15. The van der Waals surface area contributed by atoms with Crippen LogP contribution in [0.3, 0.4) is 0 Å². The smallest absolute Gasteiger partial charge is 0.307 e. The Balaban J connectivity index is 1.98. The number of thiazole rings is 1. The second kappa shape index (κ2) is 5.84. The van der Waals surface area contributed by atoms with Crippen molar-refractivity contribution in [3.63, 3.8) is 0 Å². The van der Waals surface area contributed by atoms with Gasteiger partial charge in [0.2, 0.25) is 0 Å². The summed E-state index contributed by atoms with van der Waals surface area (Å²) < 4.78 is 0.520. The summed E-state index contributed by atoms with van der Waals surface area (Å²) in [6, 6.07) is 7.36. The van der Waals surface area contributed by atoms with E-state index in [4.69, 9.17) is 16.7 Å². The van der Waals surface area contributed by atoms with Gasteiger partial charge in [-0.2, -0.15) is 0 Å². The zero-order chi connectivity index (χ0) is 13.0. The molecule has 0 saturated heterocycles. The molecule has 0 saturated carbocycles. The van der Waals surface area contributed by atoms with E-state index >= 15 is 0 Å². The summed E-state index contributed by atoms with van der Waals surface area (Å²) in [7, 11) is 0. The Labute approximate surface area is 113 Å². The largest absolute Gasteiger partial charge is 0.481 e. The van der Waals surface area contributed by atoms with Gasteiger partial charge in [0.1, 0.15) is 0 Å². The number of benzene rings is 1. The van der Waals surface area contributed by atoms with Crippen molar-refractivity contribution in [3.8, 4) is 0 Å². The van der Waals surface area contributed by atoms with E-state index in [9.17, 15) is 4.79 Å². The van der Waals surface area contributed by atoms with Gasteiger partial charge in [0.15, 0.2) is 4.47 Å². The zero-order valence-corrected chi connectivity index (χ0v) is 11.0. The average Bonchev–Trinajstić information content (AvgIpc) is 2.72. The fourth-order valence-electron chi connectivity index (χ4n) is 1.52. The first-order chi connectivity index (χ1) is 8.63. The highest BCUT2D eigenvalue weighted by Gasteiger charge is 2.02. The molecule has 0 aliphatic heterocycles. The molecule has 0 amide bonds. The van der Waals surface area contributed by atoms with Crippen LogP contribution in [0.25, 0.3) is 0 Å². The Morgan fingerprint density at radius 2 is 2.33 bits per heavy atom. The fraction of sp³-hybridized carbons (Fsp3) is 0.167. The topological polar surface area (TPSA) is 62.2 Å². The summed E-state index contributed by atoms with van der Waals surface area (Å²) in [5.74, 6) is -0.832. The molecule has 0 spiro atoms. The van der Waals surface area contributed by atoms with Crippen LogP contribution in [-0.4, -0.2) is 16.1 Å². The van der Waals surface area contributed by atoms with Crippen molar-refractivity contribution in [2.75, 3.05) is 5.32 Å². The van der Waals surface area contributed by atoms with E-state index in [1.807, 2.05) is 18.2 Å². The van der Waals surface area contributed by atoms with Gasteiger partial charge in [0.25, 0.3) is 0 Å². The molecule has 6 heteroatoms. The second-order valence-corrected chi connectivity index (χ2v) is 5.40.